The fourth-order valence-electron chi connectivity index (χ4n) is 2.59. The van der Waals surface area contributed by atoms with Crippen LogP contribution in [0.2, 0.25) is 5.15 Å². The van der Waals surface area contributed by atoms with Gasteiger partial charge in [0.05, 0.1) is 17.6 Å². The third-order valence-electron chi connectivity index (χ3n) is 4.00. The molecule has 5 nitrogen and oxygen atoms in total. The molecule has 0 spiro atoms. The lowest BCUT2D eigenvalue weighted by Gasteiger charge is -2.34. The smallest absolute Gasteiger partial charge is 0.264 e. The maximum atomic E-state index is 12.4. The van der Waals surface area contributed by atoms with Gasteiger partial charge in [0.2, 0.25) is 0 Å². The molecule has 2 aromatic heterocycles. The number of halogens is 1. The highest BCUT2D eigenvalue weighted by molar-refractivity contribution is 7.13. The number of rotatable bonds is 3. The second-order valence-electron chi connectivity index (χ2n) is 5.53. The van der Waals surface area contributed by atoms with Gasteiger partial charge in [-0.15, -0.1) is 11.3 Å². The number of aryl methyl sites for hydroxylation is 1. The first kappa shape index (κ1) is 15.5. The predicted molar refractivity (Wildman–Crippen MR) is 88.5 cm³/mol. The van der Waals surface area contributed by atoms with Gasteiger partial charge in [-0.05, 0) is 19.1 Å². The molecule has 1 saturated heterocycles. The van der Waals surface area contributed by atoms with Gasteiger partial charge in [-0.25, -0.2) is 4.98 Å². The molecule has 0 bridgehead atoms. The van der Waals surface area contributed by atoms with Crippen LogP contribution in [0.3, 0.4) is 0 Å². The maximum Gasteiger partial charge on any atom is 0.264 e. The Hall–Kier alpha value is -1.37. The molecule has 3 heterocycles. The Morgan fingerprint density at radius 3 is 2.59 bits per heavy atom. The van der Waals surface area contributed by atoms with E-state index >= 15 is 0 Å². The number of carbonyl (C=O) groups is 1. The van der Waals surface area contributed by atoms with Crippen LogP contribution in [0, 0.1) is 6.92 Å². The lowest BCUT2D eigenvalue weighted by Crippen LogP contribution is -2.48. The SMILES string of the molecule is Cc1ccc(C(=O)N2CCN(Cc3ncc(Cl)n3C)CC2)s1. The number of aromatic nitrogens is 2. The minimum absolute atomic E-state index is 0.151. The number of carbonyl (C=O) groups excluding carboxylic acids is 1. The van der Waals surface area contributed by atoms with Crippen molar-refractivity contribution in [3.63, 3.8) is 0 Å². The lowest BCUT2D eigenvalue weighted by molar-refractivity contribution is 0.0629. The van der Waals surface area contributed by atoms with Crippen molar-refractivity contribution >= 4 is 28.8 Å². The number of hydrogen-bond acceptors (Lipinski definition) is 4. The molecule has 1 aliphatic rings. The first-order chi connectivity index (χ1) is 10.5. The van der Waals surface area contributed by atoms with E-state index in [9.17, 15) is 4.79 Å². The van der Waals surface area contributed by atoms with Gasteiger partial charge in [-0.3, -0.25) is 9.69 Å². The summed E-state index contributed by atoms with van der Waals surface area (Å²) in [7, 11) is 1.92. The van der Waals surface area contributed by atoms with Crippen LogP contribution in [-0.2, 0) is 13.6 Å². The zero-order chi connectivity index (χ0) is 15.7. The van der Waals surface area contributed by atoms with Crippen molar-refractivity contribution in [3.8, 4) is 0 Å². The summed E-state index contributed by atoms with van der Waals surface area (Å²) in [6, 6.07) is 3.92. The first-order valence-corrected chi connectivity index (χ1v) is 8.48. The second-order valence-corrected chi connectivity index (χ2v) is 7.21. The van der Waals surface area contributed by atoms with E-state index in [1.54, 1.807) is 17.5 Å². The Morgan fingerprint density at radius 1 is 1.32 bits per heavy atom. The molecular weight excluding hydrogens is 320 g/mol. The van der Waals surface area contributed by atoms with E-state index in [1.165, 1.54) is 4.88 Å². The summed E-state index contributed by atoms with van der Waals surface area (Å²) >= 11 is 7.58. The lowest BCUT2D eigenvalue weighted by atomic mass is 10.3. The molecule has 0 atom stereocenters. The van der Waals surface area contributed by atoms with E-state index in [-0.39, 0.29) is 5.91 Å². The van der Waals surface area contributed by atoms with Crippen LogP contribution in [0.1, 0.15) is 20.4 Å². The van der Waals surface area contributed by atoms with E-state index in [0.29, 0.717) is 5.15 Å². The summed E-state index contributed by atoms with van der Waals surface area (Å²) in [4.78, 5) is 23.0. The van der Waals surface area contributed by atoms with Crippen LogP contribution >= 0.6 is 22.9 Å². The highest BCUT2D eigenvalue weighted by Gasteiger charge is 2.23. The Kier molecular flexibility index (Phi) is 4.52. The van der Waals surface area contributed by atoms with Gasteiger partial charge in [0.25, 0.3) is 5.91 Å². The van der Waals surface area contributed by atoms with Crippen molar-refractivity contribution in [3.05, 3.63) is 39.1 Å². The van der Waals surface area contributed by atoms with E-state index in [1.807, 2.05) is 35.6 Å². The molecule has 0 radical (unpaired) electrons. The molecule has 1 aliphatic heterocycles. The zero-order valence-electron chi connectivity index (χ0n) is 12.8. The van der Waals surface area contributed by atoms with Crippen molar-refractivity contribution in [1.29, 1.82) is 0 Å². The fourth-order valence-corrected chi connectivity index (χ4v) is 3.57. The molecule has 1 fully saturated rings. The maximum absolute atomic E-state index is 12.4. The quantitative estimate of drug-likeness (QED) is 0.863. The number of imidazole rings is 1. The molecular formula is C15H19ClN4OS. The van der Waals surface area contributed by atoms with E-state index in [0.717, 1.165) is 43.4 Å². The summed E-state index contributed by atoms with van der Waals surface area (Å²) in [5, 5.41) is 0.650. The van der Waals surface area contributed by atoms with Crippen LogP contribution in [0.15, 0.2) is 18.3 Å². The van der Waals surface area contributed by atoms with Gasteiger partial charge in [0.15, 0.2) is 0 Å². The molecule has 0 unspecified atom stereocenters. The third-order valence-corrected chi connectivity index (χ3v) is 5.34. The van der Waals surface area contributed by atoms with Crippen LogP contribution < -0.4 is 0 Å². The normalized spacial score (nSPS) is 16.2. The van der Waals surface area contributed by atoms with Crippen LogP contribution in [0.25, 0.3) is 0 Å². The monoisotopic (exact) mass is 338 g/mol. The number of hydrogen-bond donors (Lipinski definition) is 0. The van der Waals surface area contributed by atoms with E-state index in [2.05, 4.69) is 9.88 Å². The van der Waals surface area contributed by atoms with Gasteiger partial charge in [0.1, 0.15) is 11.0 Å². The number of nitrogens with zero attached hydrogens (tertiary/aromatic N) is 4. The summed E-state index contributed by atoms with van der Waals surface area (Å²) in [6.07, 6.45) is 1.68. The molecule has 1 amide bonds. The molecule has 118 valence electrons. The standard InChI is InChI=1S/C15H19ClN4OS/c1-11-3-4-12(22-11)15(21)20-7-5-19(6-8-20)10-14-17-9-13(16)18(14)2/h3-4,9H,5-8,10H2,1-2H3. The van der Waals surface area contributed by atoms with Crippen LogP contribution in [-0.4, -0.2) is 51.4 Å². The predicted octanol–water partition coefficient (Wildman–Crippen LogP) is 2.40. The Labute approximate surface area is 139 Å². The van der Waals surface area contributed by atoms with Crippen molar-refractivity contribution < 1.29 is 4.79 Å². The van der Waals surface area contributed by atoms with Crippen LogP contribution in [0.4, 0.5) is 0 Å². The van der Waals surface area contributed by atoms with E-state index in [4.69, 9.17) is 11.6 Å². The van der Waals surface area contributed by atoms with Gasteiger partial charge in [-0.1, -0.05) is 11.6 Å². The van der Waals surface area contributed by atoms with Gasteiger partial charge in [-0.2, -0.15) is 0 Å². The van der Waals surface area contributed by atoms with E-state index < -0.39 is 0 Å². The average Bonchev–Trinajstić information content (AvgIpc) is 3.08. The Bertz CT molecular complexity index is 673. The second kappa shape index (κ2) is 6.40. The summed E-state index contributed by atoms with van der Waals surface area (Å²) in [5.74, 6) is 1.11. The number of piperazine rings is 1. The van der Waals surface area contributed by atoms with Crippen LogP contribution in [0.5, 0.6) is 0 Å². The molecule has 0 N–H and O–H groups in total. The fraction of sp³-hybridized carbons (Fsp3) is 0.467. The van der Waals surface area contributed by atoms with Crippen molar-refractivity contribution in [2.75, 3.05) is 26.2 Å². The molecule has 0 saturated carbocycles. The van der Waals surface area contributed by atoms with Crippen molar-refractivity contribution in [2.45, 2.75) is 13.5 Å². The molecule has 0 aliphatic carbocycles. The zero-order valence-corrected chi connectivity index (χ0v) is 14.3. The highest BCUT2D eigenvalue weighted by atomic mass is 35.5. The third kappa shape index (κ3) is 3.19. The molecule has 22 heavy (non-hydrogen) atoms. The average molecular weight is 339 g/mol. The Balaban J connectivity index is 1.56. The first-order valence-electron chi connectivity index (χ1n) is 7.29. The molecule has 2 aromatic rings. The van der Waals surface area contributed by atoms with Gasteiger partial charge in [0, 0.05) is 38.1 Å². The molecule has 7 heteroatoms. The topological polar surface area (TPSA) is 41.4 Å². The largest absolute Gasteiger partial charge is 0.335 e. The minimum atomic E-state index is 0.151. The summed E-state index contributed by atoms with van der Waals surface area (Å²) in [5.41, 5.74) is 0. The number of thiophene rings is 1. The van der Waals surface area contributed by atoms with Gasteiger partial charge >= 0.3 is 0 Å². The highest BCUT2D eigenvalue weighted by Crippen LogP contribution is 2.19. The summed E-state index contributed by atoms with van der Waals surface area (Å²) < 4.78 is 1.90. The minimum Gasteiger partial charge on any atom is -0.335 e. The molecule has 0 aromatic carbocycles. The van der Waals surface area contributed by atoms with Crippen molar-refractivity contribution in [1.82, 2.24) is 19.4 Å². The number of amides is 1. The van der Waals surface area contributed by atoms with Crippen molar-refractivity contribution in [2.24, 2.45) is 7.05 Å². The Morgan fingerprint density at radius 2 is 2.05 bits per heavy atom. The van der Waals surface area contributed by atoms with Gasteiger partial charge < -0.3 is 9.47 Å². The molecule has 3 rings (SSSR count). The summed E-state index contributed by atoms with van der Waals surface area (Å²) in [6.45, 7) is 6.03.